The highest BCUT2D eigenvalue weighted by Gasteiger charge is 2.31. The number of benzene rings is 2. The topological polar surface area (TPSA) is 136 Å². The van der Waals surface area contributed by atoms with Crippen LogP contribution in [0.4, 0.5) is 11.4 Å². The Balaban J connectivity index is 2.39. The highest BCUT2D eigenvalue weighted by atomic mass is 32.2. The molecule has 3 aromatic rings. The summed E-state index contributed by atoms with van der Waals surface area (Å²) >= 11 is 0. The van der Waals surface area contributed by atoms with Crippen LogP contribution in [0.5, 0.6) is 5.75 Å². The molecule has 3 N–H and O–H groups in total. The molecular weight excluding hydrogens is 334 g/mol. The molecule has 0 atom stereocenters. The summed E-state index contributed by atoms with van der Waals surface area (Å²) in [6.07, 6.45) is 1.41. The Morgan fingerprint density at radius 1 is 1.17 bits per heavy atom. The van der Waals surface area contributed by atoms with Gasteiger partial charge < -0.3 is 10.8 Å². The van der Waals surface area contributed by atoms with Gasteiger partial charge in [-0.2, -0.15) is 0 Å². The van der Waals surface area contributed by atoms with E-state index in [0.717, 1.165) is 18.2 Å². The minimum absolute atomic E-state index is 0.0218. The summed E-state index contributed by atoms with van der Waals surface area (Å²) in [5.74, 6) is -0.120. The van der Waals surface area contributed by atoms with Crippen LogP contribution in [0.15, 0.2) is 58.5 Å². The number of nitrogens with two attached hydrogens (primary N) is 1. The fourth-order valence-electron chi connectivity index (χ4n) is 2.38. The zero-order valence-electron chi connectivity index (χ0n) is 12.1. The number of rotatable bonds is 3. The van der Waals surface area contributed by atoms with Crippen LogP contribution in [0.25, 0.3) is 10.9 Å². The van der Waals surface area contributed by atoms with Gasteiger partial charge >= 0.3 is 0 Å². The first-order valence-corrected chi connectivity index (χ1v) is 8.16. The first-order chi connectivity index (χ1) is 11.3. The normalized spacial score (nSPS) is 11.5. The Hall–Kier alpha value is -3.20. The van der Waals surface area contributed by atoms with Gasteiger partial charge in [0.05, 0.1) is 20.9 Å². The molecule has 0 saturated heterocycles. The molecule has 0 aliphatic carbocycles. The fraction of sp³-hybridized carbons (Fsp3) is 0. The molecule has 0 fully saturated rings. The van der Waals surface area contributed by atoms with E-state index in [9.17, 15) is 23.6 Å². The number of anilines is 1. The van der Waals surface area contributed by atoms with E-state index in [0.29, 0.717) is 0 Å². The van der Waals surface area contributed by atoms with Crippen LogP contribution in [0.2, 0.25) is 0 Å². The quantitative estimate of drug-likeness (QED) is 0.422. The molecule has 0 saturated carbocycles. The molecule has 1 aromatic heterocycles. The highest BCUT2D eigenvalue weighted by molar-refractivity contribution is 7.91. The van der Waals surface area contributed by atoms with E-state index < -0.39 is 25.3 Å². The first-order valence-electron chi connectivity index (χ1n) is 6.68. The second kappa shape index (κ2) is 5.46. The van der Waals surface area contributed by atoms with Crippen LogP contribution in [-0.2, 0) is 9.84 Å². The second-order valence-electron chi connectivity index (χ2n) is 4.97. The fourth-order valence-corrected chi connectivity index (χ4v) is 3.85. The van der Waals surface area contributed by atoms with Crippen molar-refractivity contribution < 1.29 is 18.4 Å². The van der Waals surface area contributed by atoms with Crippen LogP contribution >= 0.6 is 0 Å². The monoisotopic (exact) mass is 345 g/mol. The van der Waals surface area contributed by atoms with E-state index in [4.69, 9.17) is 5.73 Å². The molecule has 3 rings (SSSR count). The third-order valence-corrected chi connectivity index (χ3v) is 5.26. The number of phenolic OH excluding ortho intramolecular Hbond substituents is 1. The van der Waals surface area contributed by atoms with Crippen LogP contribution in [0.1, 0.15) is 0 Å². The van der Waals surface area contributed by atoms with Gasteiger partial charge in [-0.15, -0.1) is 0 Å². The summed E-state index contributed by atoms with van der Waals surface area (Å²) in [4.78, 5) is 14.0. The molecule has 24 heavy (non-hydrogen) atoms. The minimum atomic E-state index is -4.21. The van der Waals surface area contributed by atoms with Crippen LogP contribution < -0.4 is 5.73 Å². The average molecular weight is 345 g/mol. The van der Waals surface area contributed by atoms with E-state index in [1.165, 1.54) is 30.5 Å². The van der Waals surface area contributed by atoms with Crippen LogP contribution in [0.3, 0.4) is 0 Å². The zero-order chi connectivity index (χ0) is 17.5. The summed E-state index contributed by atoms with van der Waals surface area (Å²) in [6, 6.07) is 8.60. The van der Waals surface area contributed by atoms with Crippen molar-refractivity contribution >= 4 is 32.1 Å². The van der Waals surface area contributed by atoms with Gasteiger partial charge in [-0.1, -0.05) is 0 Å². The van der Waals surface area contributed by atoms with Gasteiger partial charge in [0.2, 0.25) is 9.84 Å². The molecule has 0 aliphatic heterocycles. The second-order valence-corrected chi connectivity index (χ2v) is 6.88. The Labute approximate surface area is 136 Å². The Morgan fingerprint density at radius 2 is 1.83 bits per heavy atom. The Morgan fingerprint density at radius 3 is 2.46 bits per heavy atom. The third kappa shape index (κ3) is 2.40. The molecule has 1 heterocycles. The maximum atomic E-state index is 12.8. The number of hydrogen-bond donors (Lipinski definition) is 2. The Kier molecular flexibility index (Phi) is 3.57. The largest absolute Gasteiger partial charge is 0.508 e. The average Bonchev–Trinajstić information content (AvgIpc) is 2.55. The molecule has 0 unspecified atom stereocenters. The smallest absolute Gasteiger partial charge is 0.297 e. The van der Waals surface area contributed by atoms with Crippen molar-refractivity contribution in [2.45, 2.75) is 9.79 Å². The lowest BCUT2D eigenvalue weighted by molar-refractivity contribution is -0.386. The van der Waals surface area contributed by atoms with Gasteiger partial charge in [-0.05, 0) is 42.5 Å². The number of phenols is 1. The van der Waals surface area contributed by atoms with Gasteiger partial charge in [-0.3, -0.25) is 15.1 Å². The zero-order valence-corrected chi connectivity index (χ0v) is 12.9. The van der Waals surface area contributed by atoms with E-state index >= 15 is 0 Å². The molecule has 0 spiro atoms. The van der Waals surface area contributed by atoms with Gasteiger partial charge in [0.1, 0.15) is 11.3 Å². The number of sulfone groups is 1. The maximum Gasteiger partial charge on any atom is 0.297 e. The standard InChI is InChI=1S/C15H11N3O5S/c16-12-8-13(24(22,23)10-5-3-9(19)4-6-10)15(18(20)21)11-2-1-7-17-14(11)12/h1-8,19H,16H2. The van der Waals surface area contributed by atoms with Gasteiger partial charge in [0.25, 0.3) is 5.69 Å². The van der Waals surface area contributed by atoms with Crippen molar-refractivity contribution in [3.63, 3.8) is 0 Å². The molecule has 8 nitrogen and oxygen atoms in total. The molecule has 0 bridgehead atoms. The number of nitro benzene ring substituents is 1. The number of nitrogens with zero attached hydrogens (tertiary/aromatic N) is 2. The predicted molar refractivity (Wildman–Crippen MR) is 86.4 cm³/mol. The van der Waals surface area contributed by atoms with Crippen molar-refractivity contribution in [3.8, 4) is 5.75 Å². The summed E-state index contributed by atoms with van der Waals surface area (Å²) < 4.78 is 25.6. The summed E-state index contributed by atoms with van der Waals surface area (Å²) in [5.41, 5.74) is 5.44. The van der Waals surface area contributed by atoms with Gasteiger partial charge in [0.15, 0.2) is 4.90 Å². The van der Waals surface area contributed by atoms with Crippen molar-refractivity contribution in [1.29, 1.82) is 0 Å². The SMILES string of the molecule is Nc1cc(S(=O)(=O)c2ccc(O)cc2)c([N+](=O)[O-])c2cccnc12. The van der Waals surface area contributed by atoms with Gasteiger partial charge in [0, 0.05) is 6.20 Å². The van der Waals surface area contributed by atoms with E-state index in [2.05, 4.69) is 4.98 Å². The number of aromatic nitrogens is 1. The molecule has 9 heteroatoms. The Bertz CT molecular complexity index is 1060. The van der Waals surface area contributed by atoms with Crippen molar-refractivity contribution in [2.75, 3.05) is 5.73 Å². The molecular formula is C15H11N3O5S. The van der Waals surface area contributed by atoms with Crippen LogP contribution in [-0.4, -0.2) is 23.4 Å². The van der Waals surface area contributed by atoms with Crippen molar-refractivity contribution in [3.05, 3.63) is 58.8 Å². The summed E-state index contributed by atoms with van der Waals surface area (Å²) in [5, 5.41) is 20.8. The van der Waals surface area contributed by atoms with E-state index in [1.807, 2.05) is 0 Å². The van der Waals surface area contributed by atoms with Crippen molar-refractivity contribution in [1.82, 2.24) is 4.98 Å². The molecule has 0 aliphatic rings. The summed E-state index contributed by atoms with van der Waals surface area (Å²) in [7, 11) is -4.21. The molecule has 2 aromatic carbocycles. The van der Waals surface area contributed by atoms with E-state index in [1.54, 1.807) is 0 Å². The minimum Gasteiger partial charge on any atom is -0.508 e. The van der Waals surface area contributed by atoms with E-state index in [-0.39, 0.29) is 27.2 Å². The number of nitro groups is 1. The van der Waals surface area contributed by atoms with Crippen molar-refractivity contribution in [2.24, 2.45) is 0 Å². The predicted octanol–water partition coefficient (Wildman–Crippen LogP) is 2.26. The number of nitrogen functional groups attached to an aromatic ring is 1. The summed E-state index contributed by atoms with van der Waals surface area (Å²) in [6.45, 7) is 0. The lowest BCUT2D eigenvalue weighted by Gasteiger charge is -2.09. The maximum absolute atomic E-state index is 12.8. The molecule has 122 valence electrons. The lowest BCUT2D eigenvalue weighted by Crippen LogP contribution is -2.08. The third-order valence-electron chi connectivity index (χ3n) is 3.48. The highest BCUT2D eigenvalue weighted by Crippen LogP contribution is 2.38. The number of aromatic hydroxyl groups is 1. The number of pyridine rings is 1. The van der Waals surface area contributed by atoms with Crippen LogP contribution in [0, 0.1) is 10.1 Å². The lowest BCUT2D eigenvalue weighted by atomic mass is 10.1. The molecule has 0 radical (unpaired) electrons. The van der Waals surface area contributed by atoms with Gasteiger partial charge in [-0.25, -0.2) is 8.42 Å². The first kappa shape index (κ1) is 15.7. The molecule has 0 amide bonds. The number of hydrogen-bond acceptors (Lipinski definition) is 7. The number of fused-ring (bicyclic) bond motifs is 1.